The van der Waals surface area contributed by atoms with Crippen LogP contribution in [0.2, 0.25) is 0 Å². The Labute approximate surface area is 225 Å². The highest BCUT2D eigenvalue weighted by atomic mass is 32.2. The van der Waals surface area contributed by atoms with Gasteiger partial charge in [-0.2, -0.15) is 11.8 Å². The highest BCUT2D eigenvalue weighted by Gasteiger charge is 2.25. The Morgan fingerprint density at radius 2 is 1.14 bits per heavy atom. The normalized spacial score (nSPS) is 11.4. The van der Waals surface area contributed by atoms with Crippen LogP contribution in [0.3, 0.4) is 0 Å². The van der Waals surface area contributed by atoms with Gasteiger partial charge in [0.15, 0.2) is 0 Å². The van der Waals surface area contributed by atoms with Gasteiger partial charge in [0, 0.05) is 11.5 Å². The minimum Gasteiger partial charge on any atom is -0.449 e. The van der Waals surface area contributed by atoms with Crippen LogP contribution >= 0.6 is 11.8 Å². The molecule has 2 amide bonds. The number of nitrogens with one attached hydrogen (secondary N) is 2. The number of rotatable bonds is 12. The maximum Gasteiger partial charge on any atom is 0.407 e. The molecule has 6 nitrogen and oxygen atoms in total. The minimum absolute atomic E-state index is 0.261. The molecule has 2 aromatic carbocycles. The zero-order chi connectivity index (χ0) is 27.6. The minimum atomic E-state index is -0.587. The molecule has 7 heteroatoms. The first-order valence-electron chi connectivity index (χ1n) is 12.3. The lowest BCUT2D eigenvalue weighted by Gasteiger charge is -2.27. The molecular weight excluding hydrogens is 484 g/mol. The van der Waals surface area contributed by atoms with Gasteiger partial charge in [-0.3, -0.25) is 0 Å². The Bertz CT molecular complexity index is 1040. The molecule has 200 valence electrons. The topological polar surface area (TPSA) is 76.7 Å². The molecule has 37 heavy (non-hydrogen) atoms. The predicted octanol–water partition coefficient (Wildman–Crippen LogP) is 7.11. The summed E-state index contributed by atoms with van der Waals surface area (Å²) in [5.41, 5.74) is 4.78. The molecule has 2 aromatic rings. The smallest absolute Gasteiger partial charge is 0.407 e. The summed E-state index contributed by atoms with van der Waals surface area (Å²) in [7, 11) is 0. The molecule has 0 fully saturated rings. The van der Waals surface area contributed by atoms with E-state index in [1.165, 1.54) is 0 Å². The maximum absolute atomic E-state index is 12.3. The van der Waals surface area contributed by atoms with Gasteiger partial charge in [0.25, 0.3) is 0 Å². The summed E-state index contributed by atoms with van der Waals surface area (Å²) in [5.74, 6) is 1.20. The number of amides is 2. The molecule has 0 spiro atoms. The molecular formula is C30H40N2O4S. The molecule has 0 aliphatic heterocycles. The number of hydrogen-bond acceptors (Lipinski definition) is 5. The van der Waals surface area contributed by atoms with Crippen LogP contribution in [0, 0.1) is 0 Å². The van der Waals surface area contributed by atoms with Gasteiger partial charge in [0.1, 0.15) is 13.2 Å². The van der Waals surface area contributed by atoms with Crippen LogP contribution in [-0.2, 0) is 20.6 Å². The Morgan fingerprint density at radius 1 is 0.757 bits per heavy atom. The van der Waals surface area contributed by atoms with Crippen molar-refractivity contribution in [2.45, 2.75) is 52.6 Å². The van der Waals surface area contributed by atoms with E-state index in [1.807, 2.05) is 90.1 Å². The fourth-order valence-electron chi connectivity index (χ4n) is 3.56. The second-order valence-electron chi connectivity index (χ2n) is 10.1. The van der Waals surface area contributed by atoms with Gasteiger partial charge in [-0.1, -0.05) is 60.7 Å². The second-order valence-corrected chi connectivity index (χ2v) is 11.3. The summed E-state index contributed by atoms with van der Waals surface area (Å²) >= 11 is 1.55. The van der Waals surface area contributed by atoms with E-state index in [1.54, 1.807) is 11.8 Å². The third-order valence-electron chi connectivity index (χ3n) is 5.90. The number of benzene rings is 2. The number of carbonyl (C=O) groups excluding carboxylic acids is 2. The molecule has 2 N–H and O–H groups in total. The first-order valence-corrected chi connectivity index (χ1v) is 13.5. The standard InChI is InChI=1S/C30H40N2O4S/c1-21(2)23-11-9-13-25(19-23)29(5,6)31-27(33)35-15-17-37-18-16-36-28(34)32-30(7,8)26-14-10-12-24(20-26)22(3)4/h9-14,19-20H,1,3,15-18H2,2,4-8H3,(H,31,33)(H,32,34). The van der Waals surface area contributed by atoms with Crippen molar-refractivity contribution in [2.75, 3.05) is 24.7 Å². The summed E-state index contributed by atoms with van der Waals surface area (Å²) in [4.78, 5) is 24.6. The van der Waals surface area contributed by atoms with E-state index in [2.05, 4.69) is 23.8 Å². The fourth-order valence-corrected chi connectivity index (χ4v) is 4.17. The largest absolute Gasteiger partial charge is 0.449 e. The van der Waals surface area contributed by atoms with Crippen molar-refractivity contribution >= 4 is 35.1 Å². The molecule has 2 rings (SSSR count). The monoisotopic (exact) mass is 524 g/mol. The van der Waals surface area contributed by atoms with Gasteiger partial charge in [-0.25, -0.2) is 9.59 Å². The lowest BCUT2D eigenvalue weighted by atomic mass is 9.92. The summed E-state index contributed by atoms with van der Waals surface area (Å²) in [6.45, 7) is 20.1. The van der Waals surface area contributed by atoms with E-state index in [9.17, 15) is 9.59 Å². The van der Waals surface area contributed by atoms with Crippen LogP contribution in [0.5, 0.6) is 0 Å². The summed E-state index contributed by atoms with van der Waals surface area (Å²) < 4.78 is 10.7. The van der Waals surface area contributed by atoms with Gasteiger partial charge >= 0.3 is 12.2 Å². The average Bonchev–Trinajstić information content (AvgIpc) is 2.83. The number of hydrogen-bond donors (Lipinski definition) is 2. The van der Waals surface area contributed by atoms with E-state index in [0.717, 1.165) is 33.4 Å². The van der Waals surface area contributed by atoms with Gasteiger partial charge in [0.2, 0.25) is 0 Å². The second kappa shape index (κ2) is 13.4. The Kier molecular flexibility index (Phi) is 10.9. The van der Waals surface area contributed by atoms with Crippen LogP contribution in [0.4, 0.5) is 9.59 Å². The molecule has 0 aliphatic rings. The van der Waals surface area contributed by atoms with Crippen molar-refractivity contribution in [3.05, 3.63) is 83.9 Å². The van der Waals surface area contributed by atoms with E-state index < -0.39 is 23.3 Å². The molecule has 0 unspecified atom stereocenters. The fraction of sp³-hybridized carbons (Fsp3) is 0.400. The van der Waals surface area contributed by atoms with Crippen LogP contribution < -0.4 is 10.6 Å². The van der Waals surface area contributed by atoms with E-state index in [4.69, 9.17) is 9.47 Å². The van der Waals surface area contributed by atoms with Crippen LogP contribution in [0.15, 0.2) is 61.7 Å². The Morgan fingerprint density at radius 3 is 1.49 bits per heavy atom. The van der Waals surface area contributed by atoms with Gasteiger partial charge < -0.3 is 20.1 Å². The Hall–Kier alpha value is -3.19. The van der Waals surface area contributed by atoms with Crippen molar-refractivity contribution in [3.8, 4) is 0 Å². The maximum atomic E-state index is 12.3. The SMILES string of the molecule is C=C(C)c1cccc(C(C)(C)NC(=O)OCCSCCOC(=O)NC(C)(C)c2cccc(C(=C)C)c2)c1. The van der Waals surface area contributed by atoms with E-state index >= 15 is 0 Å². The van der Waals surface area contributed by atoms with Crippen molar-refractivity contribution in [1.82, 2.24) is 10.6 Å². The third-order valence-corrected chi connectivity index (χ3v) is 6.82. The quantitative estimate of drug-likeness (QED) is 0.289. The Balaban J connectivity index is 1.67. The van der Waals surface area contributed by atoms with Crippen molar-refractivity contribution in [3.63, 3.8) is 0 Å². The zero-order valence-corrected chi connectivity index (χ0v) is 23.7. The number of allylic oxidation sites excluding steroid dienone is 2. The molecule has 0 aromatic heterocycles. The molecule has 0 saturated carbocycles. The number of ether oxygens (including phenoxy) is 2. The highest BCUT2D eigenvalue weighted by molar-refractivity contribution is 7.99. The van der Waals surface area contributed by atoms with E-state index in [0.29, 0.717) is 11.5 Å². The third kappa shape index (κ3) is 9.65. The van der Waals surface area contributed by atoms with Crippen LogP contribution in [0.1, 0.15) is 63.8 Å². The van der Waals surface area contributed by atoms with Crippen molar-refractivity contribution in [1.29, 1.82) is 0 Å². The van der Waals surface area contributed by atoms with Gasteiger partial charge in [-0.15, -0.1) is 0 Å². The van der Waals surface area contributed by atoms with E-state index in [-0.39, 0.29) is 13.2 Å². The molecule has 0 saturated heterocycles. The van der Waals surface area contributed by atoms with Crippen molar-refractivity contribution in [2.24, 2.45) is 0 Å². The lowest BCUT2D eigenvalue weighted by Crippen LogP contribution is -2.41. The lowest BCUT2D eigenvalue weighted by molar-refractivity contribution is 0.142. The highest BCUT2D eigenvalue weighted by Crippen LogP contribution is 2.25. The zero-order valence-electron chi connectivity index (χ0n) is 22.9. The molecule has 0 radical (unpaired) electrons. The first-order chi connectivity index (χ1) is 17.3. The molecule has 0 atom stereocenters. The predicted molar refractivity (Wildman–Crippen MR) is 155 cm³/mol. The van der Waals surface area contributed by atoms with Gasteiger partial charge in [-0.05, 0) is 75.9 Å². The van der Waals surface area contributed by atoms with Crippen LogP contribution in [0.25, 0.3) is 11.1 Å². The van der Waals surface area contributed by atoms with Gasteiger partial charge in [0.05, 0.1) is 11.1 Å². The molecule has 0 aliphatic carbocycles. The molecule has 0 bridgehead atoms. The summed E-state index contributed by atoms with van der Waals surface area (Å²) in [5, 5.41) is 5.84. The number of alkyl carbamates (subject to hydrolysis) is 2. The van der Waals surface area contributed by atoms with Crippen LogP contribution in [-0.4, -0.2) is 36.9 Å². The summed E-state index contributed by atoms with van der Waals surface area (Å²) in [6, 6.07) is 15.9. The molecule has 0 heterocycles. The first kappa shape index (κ1) is 30.0. The number of thioether (sulfide) groups is 1. The van der Waals surface area contributed by atoms with Crippen molar-refractivity contribution < 1.29 is 19.1 Å². The average molecular weight is 525 g/mol. The number of carbonyl (C=O) groups is 2. The summed E-state index contributed by atoms with van der Waals surface area (Å²) in [6.07, 6.45) is -0.945.